The Morgan fingerprint density at radius 2 is 2.19 bits per heavy atom. The van der Waals surface area contributed by atoms with Crippen LogP contribution >= 0.6 is 11.3 Å². The van der Waals surface area contributed by atoms with E-state index in [2.05, 4.69) is 49.3 Å². The SMILES string of the molecule is CCc1cnc(C(C)NC(C)c2ccc3c(c2)CCO3)s1. The molecule has 0 amide bonds. The van der Waals surface area contributed by atoms with E-state index >= 15 is 0 Å². The lowest BCUT2D eigenvalue weighted by Gasteiger charge is -2.19. The van der Waals surface area contributed by atoms with Crippen LogP contribution in [-0.4, -0.2) is 11.6 Å². The predicted octanol–water partition coefficient (Wildman–Crippen LogP) is 4.05. The van der Waals surface area contributed by atoms with Crippen molar-refractivity contribution in [2.75, 3.05) is 6.61 Å². The molecule has 4 heteroatoms. The number of hydrogen-bond acceptors (Lipinski definition) is 4. The van der Waals surface area contributed by atoms with Gasteiger partial charge in [0, 0.05) is 23.5 Å². The van der Waals surface area contributed by atoms with E-state index in [1.165, 1.54) is 21.0 Å². The van der Waals surface area contributed by atoms with E-state index in [-0.39, 0.29) is 6.04 Å². The highest BCUT2D eigenvalue weighted by Gasteiger charge is 2.17. The summed E-state index contributed by atoms with van der Waals surface area (Å²) >= 11 is 1.80. The maximum absolute atomic E-state index is 5.57. The van der Waals surface area contributed by atoms with Crippen molar-refractivity contribution in [2.24, 2.45) is 0 Å². The second kappa shape index (κ2) is 6.16. The number of fused-ring (bicyclic) bond motifs is 1. The molecule has 0 aliphatic carbocycles. The van der Waals surface area contributed by atoms with Gasteiger partial charge in [0.05, 0.1) is 12.6 Å². The quantitative estimate of drug-likeness (QED) is 0.904. The van der Waals surface area contributed by atoms with Crippen molar-refractivity contribution >= 4 is 11.3 Å². The second-order valence-corrected chi connectivity index (χ2v) is 6.74. The molecule has 2 aromatic rings. The number of hydrogen-bond donors (Lipinski definition) is 1. The maximum Gasteiger partial charge on any atom is 0.122 e. The molecule has 1 aromatic heterocycles. The lowest BCUT2D eigenvalue weighted by molar-refractivity contribution is 0.356. The van der Waals surface area contributed by atoms with Gasteiger partial charge in [-0.05, 0) is 37.5 Å². The van der Waals surface area contributed by atoms with E-state index in [4.69, 9.17) is 4.74 Å². The van der Waals surface area contributed by atoms with Gasteiger partial charge in [-0.3, -0.25) is 0 Å². The molecule has 0 spiro atoms. The molecule has 2 atom stereocenters. The molecule has 0 saturated carbocycles. The summed E-state index contributed by atoms with van der Waals surface area (Å²) < 4.78 is 5.57. The summed E-state index contributed by atoms with van der Waals surface area (Å²) in [4.78, 5) is 5.88. The van der Waals surface area contributed by atoms with Gasteiger partial charge < -0.3 is 10.1 Å². The van der Waals surface area contributed by atoms with E-state index < -0.39 is 0 Å². The first-order valence-corrected chi connectivity index (χ1v) is 8.45. The molecular weight excluding hydrogens is 280 g/mol. The van der Waals surface area contributed by atoms with Gasteiger partial charge in [0.1, 0.15) is 10.8 Å². The fourth-order valence-electron chi connectivity index (χ4n) is 2.70. The molecule has 2 unspecified atom stereocenters. The average Bonchev–Trinajstić information content (AvgIpc) is 3.15. The third-order valence-corrected chi connectivity index (χ3v) is 5.33. The monoisotopic (exact) mass is 302 g/mol. The molecule has 3 rings (SSSR count). The van der Waals surface area contributed by atoms with E-state index in [0.717, 1.165) is 25.2 Å². The largest absolute Gasteiger partial charge is 0.493 e. The van der Waals surface area contributed by atoms with Gasteiger partial charge in [-0.2, -0.15) is 0 Å². The minimum absolute atomic E-state index is 0.273. The molecule has 1 aromatic carbocycles. The van der Waals surface area contributed by atoms with Gasteiger partial charge in [0.2, 0.25) is 0 Å². The molecule has 3 nitrogen and oxygen atoms in total. The first-order chi connectivity index (χ1) is 10.2. The van der Waals surface area contributed by atoms with Crippen molar-refractivity contribution in [1.29, 1.82) is 0 Å². The maximum atomic E-state index is 5.57. The fourth-order valence-corrected chi connectivity index (χ4v) is 3.57. The zero-order valence-corrected chi connectivity index (χ0v) is 13.7. The van der Waals surface area contributed by atoms with Crippen LogP contribution in [0.15, 0.2) is 24.4 Å². The number of aromatic nitrogens is 1. The highest BCUT2D eigenvalue weighted by atomic mass is 32.1. The lowest BCUT2D eigenvalue weighted by Crippen LogP contribution is -2.22. The van der Waals surface area contributed by atoms with Crippen molar-refractivity contribution in [2.45, 2.75) is 45.7 Å². The summed E-state index contributed by atoms with van der Waals surface area (Å²) in [6.45, 7) is 7.38. The fraction of sp³-hybridized carbons (Fsp3) is 0.471. The highest BCUT2D eigenvalue weighted by molar-refractivity contribution is 7.11. The smallest absolute Gasteiger partial charge is 0.122 e. The van der Waals surface area contributed by atoms with Gasteiger partial charge in [-0.1, -0.05) is 19.1 Å². The van der Waals surface area contributed by atoms with Crippen molar-refractivity contribution in [3.8, 4) is 5.75 Å². The van der Waals surface area contributed by atoms with Crippen LogP contribution < -0.4 is 10.1 Å². The minimum atomic E-state index is 0.273. The molecule has 0 bridgehead atoms. The van der Waals surface area contributed by atoms with Crippen LogP contribution in [-0.2, 0) is 12.8 Å². The van der Waals surface area contributed by atoms with Gasteiger partial charge >= 0.3 is 0 Å². The molecule has 21 heavy (non-hydrogen) atoms. The lowest BCUT2D eigenvalue weighted by atomic mass is 10.0. The van der Waals surface area contributed by atoms with Crippen LogP contribution in [0.25, 0.3) is 0 Å². The Labute approximate surface area is 130 Å². The first-order valence-electron chi connectivity index (χ1n) is 7.63. The molecule has 1 aliphatic rings. The first kappa shape index (κ1) is 14.5. The van der Waals surface area contributed by atoms with Crippen molar-refractivity contribution < 1.29 is 4.74 Å². The van der Waals surface area contributed by atoms with Gasteiger partial charge in [0.15, 0.2) is 0 Å². The molecule has 2 heterocycles. The standard InChI is InChI=1S/C17H22N2OS/c1-4-15-10-18-17(21-15)12(3)19-11(2)13-5-6-16-14(9-13)7-8-20-16/h5-6,9-12,19H,4,7-8H2,1-3H3. The summed E-state index contributed by atoms with van der Waals surface area (Å²) in [7, 11) is 0. The highest BCUT2D eigenvalue weighted by Crippen LogP contribution is 2.29. The number of nitrogens with zero attached hydrogens (tertiary/aromatic N) is 1. The normalized spacial score (nSPS) is 16.3. The van der Waals surface area contributed by atoms with Crippen molar-refractivity contribution in [1.82, 2.24) is 10.3 Å². The Balaban J connectivity index is 1.69. The second-order valence-electron chi connectivity index (χ2n) is 5.59. The third kappa shape index (κ3) is 3.11. The number of thiazole rings is 1. The topological polar surface area (TPSA) is 34.2 Å². The minimum Gasteiger partial charge on any atom is -0.493 e. The third-order valence-electron chi connectivity index (χ3n) is 4.00. The molecule has 1 N–H and O–H groups in total. The molecule has 0 fully saturated rings. The Kier molecular flexibility index (Phi) is 4.27. The van der Waals surface area contributed by atoms with Crippen molar-refractivity contribution in [3.63, 3.8) is 0 Å². The zero-order chi connectivity index (χ0) is 14.8. The molecular formula is C17H22N2OS. The Morgan fingerprint density at radius 1 is 1.33 bits per heavy atom. The van der Waals surface area contributed by atoms with Crippen LogP contribution in [0.3, 0.4) is 0 Å². The number of rotatable bonds is 5. The molecule has 112 valence electrons. The van der Waals surface area contributed by atoms with Crippen LogP contribution in [0, 0.1) is 0 Å². The number of nitrogens with one attached hydrogen (secondary N) is 1. The molecule has 0 radical (unpaired) electrons. The summed E-state index contributed by atoms with van der Waals surface area (Å²) in [5.41, 5.74) is 2.65. The Morgan fingerprint density at radius 3 is 2.95 bits per heavy atom. The summed E-state index contributed by atoms with van der Waals surface area (Å²) in [6.07, 6.45) is 4.08. The van der Waals surface area contributed by atoms with Gasteiger partial charge in [-0.25, -0.2) is 4.98 Å². The number of benzene rings is 1. The van der Waals surface area contributed by atoms with E-state index in [1.807, 2.05) is 6.20 Å². The molecule has 1 aliphatic heterocycles. The Hall–Kier alpha value is -1.39. The molecule has 0 saturated heterocycles. The van der Waals surface area contributed by atoms with Crippen LogP contribution in [0.4, 0.5) is 0 Å². The van der Waals surface area contributed by atoms with Crippen LogP contribution in [0.2, 0.25) is 0 Å². The van der Waals surface area contributed by atoms with E-state index in [9.17, 15) is 0 Å². The zero-order valence-electron chi connectivity index (χ0n) is 12.8. The van der Waals surface area contributed by atoms with Gasteiger partial charge in [0.25, 0.3) is 0 Å². The summed E-state index contributed by atoms with van der Waals surface area (Å²) in [6, 6.07) is 7.11. The summed E-state index contributed by atoms with van der Waals surface area (Å²) in [5.74, 6) is 1.05. The number of aryl methyl sites for hydroxylation is 1. The summed E-state index contributed by atoms with van der Waals surface area (Å²) in [5, 5.41) is 4.82. The van der Waals surface area contributed by atoms with Gasteiger partial charge in [-0.15, -0.1) is 11.3 Å². The van der Waals surface area contributed by atoms with Crippen LogP contribution in [0.5, 0.6) is 5.75 Å². The predicted molar refractivity (Wildman–Crippen MR) is 87.1 cm³/mol. The van der Waals surface area contributed by atoms with E-state index in [0.29, 0.717) is 6.04 Å². The van der Waals surface area contributed by atoms with Crippen LogP contribution in [0.1, 0.15) is 53.9 Å². The Bertz CT molecular complexity index is 623. The van der Waals surface area contributed by atoms with Crippen molar-refractivity contribution in [3.05, 3.63) is 45.4 Å². The average molecular weight is 302 g/mol. The van der Waals surface area contributed by atoms with E-state index in [1.54, 1.807) is 11.3 Å². The number of ether oxygens (including phenoxy) is 1.